The lowest BCUT2D eigenvalue weighted by Gasteiger charge is -1.98. The number of imidazole rings is 1. The molecule has 1 heterocycles. The predicted octanol–water partition coefficient (Wildman–Crippen LogP) is 1.64. The van der Waals surface area contributed by atoms with Crippen LogP contribution in [0.25, 0.3) is 0 Å². The van der Waals surface area contributed by atoms with Gasteiger partial charge in [-0.2, -0.15) is 0 Å². The molecule has 1 aromatic heterocycles. The van der Waals surface area contributed by atoms with Crippen LogP contribution in [0.4, 0.5) is 0 Å². The van der Waals surface area contributed by atoms with Crippen LogP contribution in [-0.4, -0.2) is 9.13 Å². The summed E-state index contributed by atoms with van der Waals surface area (Å²) < 4.78 is 3.46. The van der Waals surface area contributed by atoms with E-state index in [-0.39, 0.29) is 5.69 Å². The highest BCUT2D eigenvalue weighted by Gasteiger charge is 1.99. The van der Waals surface area contributed by atoms with Crippen LogP contribution in [0.1, 0.15) is 19.8 Å². The first-order valence-electron chi connectivity index (χ1n) is 4.66. The van der Waals surface area contributed by atoms with Crippen molar-refractivity contribution in [1.29, 1.82) is 0 Å². The van der Waals surface area contributed by atoms with Crippen LogP contribution in [-0.2, 0) is 13.1 Å². The molecule has 0 aliphatic rings. The van der Waals surface area contributed by atoms with Crippen LogP contribution in [0.15, 0.2) is 29.8 Å². The van der Waals surface area contributed by atoms with Gasteiger partial charge in [0.15, 0.2) is 0 Å². The Labute approximate surface area is 78.3 Å². The van der Waals surface area contributed by atoms with Gasteiger partial charge in [0.1, 0.15) is 0 Å². The van der Waals surface area contributed by atoms with Gasteiger partial charge in [0.05, 0.1) is 0 Å². The third kappa shape index (κ3) is 2.34. The Morgan fingerprint density at radius 3 is 2.54 bits per heavy atom. The van der Waals surface area contributed by atoms with Gasteiger partial charge in [0.2, 0.25) is 0 Å². The molecule has 1 rings (SSSR count). The number of hydrogen-bond donors (Lipinski definition) is 0. The standard InChI is InChI=1S/C10H16N2O/c1-3-5-7-12-9-8-11(6-4-2)10(12)13/h3,8-9H,1,4-7H2,2H3. The summed E-state index contributed by atoms with van der Waals surface area (Å²) in [5.74, 6) is 0. The Hall–Kier alpha value is -1.25. The number of aryl methyl sites for hydroxylation is 2. The molecular formula is C10H16N2O. The Morgan fingerprint density at radius 2 is 2.00 bits per heavy atom. The SMILES string of the molecule is C=CCCn1ccn(CCC)c1=O. The molecule has 72 valence electrons. The monoisotopic (exact) mass is 180 g/mol. The molecule has 0 N–H and O–H groups in total. The zero-order valence-corrected chi connectivity index (χ0v) is 8.07. The molecule has 0 aliphatic carbocycles. The fourth-order valence-corrected chi connectivity index (χ4v) is 1.27. The maximum absolute atomic E-state index is 11.6. The molecule has 0 radical (unpaired) electrons. The van der Waals surface area contributed by atoms with Gasteiger partial charge in [-0.25, -0.2) is 4.79 Å². The smallest absolute Gasteiger partial charge is 0.299 e. The molecule has 0 spiro atoms. The first kappa shape index (κ1) is 9.84. The zero-order chi connectivity index (χ0) is 9.68. The lowest BCUT2D eigenvalue weighted by molar-refractivity contribution is 0.605. The highest BCUT2D eigenvalue weighted by atomic mass is 16.1. The summed E-state index contributed by atoms with van der Waals surface area (Å²) in [5, 5.41) is 0. The van der Waals surface area contributed by atoms with Crippen molar-refractivity contribution in [3.05, 3.63) is 35.5 Å². The summed E-state index contributed by atoms with van der Waals surface area (Å²) in [6.45, 7) is 7.23. The second-order valence-electron chi connectivity index (χ2n) is 3.04. The third-order valence-corrected chi connectivity index (χ3v) is 1.96. The maximum atomic E-state index is 11.6. The molecule has 0 saturated heterocycles. The predicted molar refractivity (Wildman–Crippen MR) is 53.8 cm³/mol. The summed E-state index contributed by atoms with van der Waals surface area (Å²) in [5.41, 5.74) is 0.0868. The van der Waals surface area contributed by atoms with Crippen molar-refractivity contribution in [1.82, 2.24) is 9.13 Å². The van der Waals surface area contributed by atoms with E-state index in [1.165, 1.54) is 0 Å². The van der Waals surface area contributed by atoms with E-state index in [0.717, 1.165) is 25.9 Å². The highest BCUT2D eigenvalue weighted by Crippen LogP contribution is 1.91. The number of aromatic nitrogens is 2. The van der Waals surface area contributed by atoms with Crippen molar-refractivity contribution in [2.45, 2.75) is 32.9 Å². The Balaban J connectivity index is 2.74. The molecule has 0 unspecified atom stereocenters. The number of hydrogen-bond acceptors (Lipinski definition) is 1. The van der Waals surface area contributed by atoms with Crippen LogP contribution in [0.2, 0.25) is 0 Å². The first-order valence-corrected chi connectivity index (χ1v) is 4.66. The Kier molecular flexibility index (Phi) is 3.55. The summed E-state index contributed by atoms with van der Waals surface area (Å²) in [7, 11) is 0. The average Bonchev–Trinajstić information content (AvgIpc) is 2.46. The lowest BCUT2D eigenvalue weighted by atomic mass is 10.4. The minimum atomic E-state index is 0.0868. The van der Waals surface area contributed by atoms with Crippen molar-refractivity contribution in [2.24, 2.45) is 0 Å². The molecule has 0 aromatic carbocycles. The number of nitrogens with zero attached hydrogens (tertiary/aromatic N) is 2. The minimum absolute atomic E-state index is 0.0868. The van der Waals surface area contributed by atoms with Crippen molar-refractivity contribution in [2.75, 3.05) is 0 Å². The van der Waals surface area contributed by atoms with Gasteiger partial charge in [-0.1, -0.05) is 13.0 Å². The van der Waals surface area contributed by atoms with Crippen LogP contribution in [0.3, 0.4) is 0 Å². The van der Waals surface area contributed by atoms with Crippen molar-refractivity contribution in [3.8, 4) is 0 Å². The zero-order valence-electron chi connectivity index (χ0n) is 8.07. The number of allylic oxidation sites excluding steroid dienone is 1. The summed E-state index contributed by atoms with van der Waals surface area (Å²) in [6, 6.07) is 0. The van der Waals surface area contributed by atoms with E-state index in [0.29, 0.717) is 0 Å². The largest absolute Gasteiger partial charge is 0.328 e. The van der Waals surface area contributed by atoms with E-state index >= 15 is 0 Å². The molecule has 0 aliphatic heterocycles. The summed E-state index contributed by atoms with van der Waals surface area (Å²) in [6.07, 6.45) is 7.33. The molecule has 3 nitrogen and oxygen atoms in total. The molecule has 0 fully saturated rings. The van der Waals surface area contributed by atoms with Crippen molar-refractivity contribution >= 4 is 0 Å². The molecular weight excluding hydrogens is 164 g/mol. The van der Waals surface area contributed by atoms with Gasteiger partial charge in [-0.05, 0) is 12.8 Å². The van der Waals surface area contributed by atoms with E-state index in [9.17, 15) is 4.79 Å². The molecule has 0 atom stereocenters. The van der Waals surface area contributed by atoms with Gasteiger partial charge in [0.25, 0.3) is 0 Å². The molecule has 3 heteroatoms. The second-order valence-corrected chi connectivity index (χ2v) is 3.04. The minimum Gasteiger partial charge on any atom is -0.299 e. The van der Waals surface area contributed by atoms with Crippen molar-refractivity contribution in [3.63, 3.8) is 0 Å². The van der Waals surface area contributed by atoms with Crippen LogP contribution < -0.4 is 5.69 Å². The van der Waals surface area contributed by atoms with Gasteiger partial charge in [-0.15, -0.1) is 6.58 Å². The van der Waals surface area contributed by atoms with E-state index in [2.05, 4.69) is 13.5 Å². The first-order chi connectivity index (χ1) is 6.29. The van der Waals surface area contributed by atoms with E-state index < -0.39 is 0 Å². The average molecular weight is 180 g/mol. The van der Waals surface area contributed by atoms with Crippen LogP contribution in [0.5, 0.6) is 0 Å². The second kappa shape index (κ2) is 4.70. The fourth-order valence-electron chi connectivity index (χ4n) is 1.27. The summed E-state index contributed by atoms with van der Waals surface area (Å²) in [4.78, 5) is 11.6. The number of rotatable bonds is 5. The third-order valence-electron chi connectivity index (χ3n) is 1.96. The highest BCUT2D eigenvalue weighted by molar-refractivity contribution is 4.82. The van der Waals surface area contributed by atoms with E-state index in [1.54, 1.807) is 9.13 Å². The van der Waals surface area contributed by atoms with Gasteiger partial charge in [0, 0.05) is 25.5 Å². The molecule has 0 saturated carbocycles. The Bertz CT molecular complexity index is 322. The van der Waals surface area contributed by atoms with Crippen LogP contribution >= 0.6 is 0 Å². The maximum Gasteiger partial charge on any atom is 0.328 e. The Morgan fingerprint density at radius 1 is 1.38 bits per heavy atom. The molecule has 13 heavy (non-hydrogen) atoms. The fraction of sp³-hybridized carbons (Fsp3) is 0.500. The van der Waals surface area contributed by atoms with Gasteiger partial charge in [-0.3, -0.25) is 9.13 Å². The van der Waals surface area contributed by atoms with E-state index in [4.69, 9.17) is 0 Å². The van der Waals surface area contributed by atoms with Gasteiger partial charge < -0.3 is 0 Å². The van der Waals surface area contributed by atoms with E-state index in [1.807, 2.05) is 18.5 Å². The topological polar surface area (TPSA) is 26.9 Å². The molecule has 0 bridgehead atoms. The lowest BCUT2D eigenvalue weighted by Crippen LogP contribution is -2.23. The molecule has 0 amide bonds. The normalized spacial score (nSPS) is 10.2. The quantitative estimate of drug-likeness (QED) is 0.633. The summed E-state index contributed by atoms with van der Waals surface area (Å²) >= 11 is 0. The van der Waals surface area contributed by atoms with Gasteiger partial charge >= 0.3 is 5.69 Å². The molecule has 1 aromatic rings. The van der Waals surface area contributed by atoms with Crippen LogP contribution in [0, 0.1) is 0 Å². The van der Waals surface area contributed by atoms with Crippen molar-refractivity contribution < 1.29 is 0 Å².